The summed E-state index contributed by atoms with van der Waals surface area (Å²) in [4.78, 5) is 17.2. The molecular formula is C18H22N2O2. The third kappa shape index (κ3) is 3.12. The molecule has 1 fully saturated rings. The Kier molecular flexibility index (Phi) is 4.39. The van der Waals surface area contributed by atoms with Gasteiger partial charge < -0.3 is 10.1 Å². The summed E-state index contributed by atoms with van der Waals surface area (Å²) in [5.74, 6) is 0.241. The number of fused-ring (bicyclic) bond motifs is 1. The van der Waals surface area contributed by atoms with Gasteiger partial charge in [-0.25, -0.2) is 0 Å². The Hall–Kier alpha value is -1.94. The van der Waals surface area contributed by atoms with E-state index in [1.54, 1.807) is 0 Å². The third-order valence-electron chi connectivity index (χ3n) is 4.09. The highest BCUT2D eigenvalue weighted by molar-refractivity contribution is 6.06. The first-order valence-corrected chi connectivity index (χ1v) is 7.94. The minimum Gasteiger partial charge on any atom is -0.376 e. The number of nitrogens with zero attached hydrogens (tertiary/aromatic N) is 1. The summed E-state index contributed by atoms with van der Waals surface area (Å²) in [6, 6.07) is 9.72. The fourth-order valence-electron chi connectivity index (χ4n) is 2.79. The number of para-hydroxylation sites is 1. The molecule has 3 rings (SSSR count). The predicted octanol–water partition coefficient (Wildman–Crippen LogP) is 3.27. The van der Waals surface area contributed by atoms with Gasteiger partial charge in [0.25, 0.3) is 5.91 Å². The summed E-state index contributed by atoms with van der Waals surface area (Å²) in [5, 5.41) is 3.91. The van der Waals surface area contributed by atoms with E-state index in [1.807, 2.05) is 30.3 Å². The Bertz CT molecular complexity index is 676. The molecule has 0 bridgehead atoms. The molecule has 1 aromatic carbocycles. The average molecular weight is 298 g/mol. The van der Waals surface area contributed by atoms with Crippen molar-refractivity contribution in [2.45, 2.75) is 38.7 Å². The van der Waals surface area contributed by atoms with Gasteiger partial charge in [-0.3, -0.25) is 9.78 Å². The highest BCUT2D eigenvalue weighted by atomic mass is 16.5. The zero-order valence-electron chi connectivity index (χ0n) is 13.1. The molecule has 0 spiro atoms. The molecule has 4 nitrogen and oxygen atoms in total. The molecule has 1 saturated heterocycles. The van der Waals surface area contributed by atoms with Crippen molar-refractivity contribution in [2.24, 2.45) is 0 Å². The van der Waals surface area contributed by atoms with E-state index in [4.69, 9.17) is 4.74 Å². The van der Waals surface area contributed by atoms with Crippen LogP contribution in [0.2, 0.25) is 0 Å². The first-order valence-electron chi connectivity index (χ1n) is 7.94. The topological polar surface area (TPSA) is 51.2 Å². The smallest absolute Gasteiger partial charge is 0.252 e. The second kappa shape index (κ2) is 6.44. The number of aromatic nitrogens is 1. The Morgan fingerprint density at radius 3 is 2.95 bits per heavy atom. The minimum absolute atomic E-state index is 0.0454. The lowest BCUT2D eigenvalue weighted by molar-refractivity contribution is 0.0859. The highest BCUT2D eigenvalue weighted by Gasteiger charge is 2.18. The molecule has 1 aliphatic rings. The molecule has 0 radical (unpaired) electrons. The van der Waals surface area contributed by atoms with Crippen LogP contribution in [-0.4, -0.2) is 30.1 Å². The van der Waals surface area contributed by atoms with E-state index >= 15 is 0 Å². The molecule has 0 aliphatic carbocycles. The van der Waals surface area contributed by atoms with Gasteiger partial charge >= 0.3 is 0 Å². The van der Waals surface area contributed by atoms with Gasteiger partial charge in [0, 0.05) is 24.2 Å². The van der Waals surface area contributed by atoms with Gasteiger partial charge in [-0.2, -0.15) is 0 Å². The van der Waals surface area contributed by atoms with E-state index in [0.717, 1.165) is 36.0 Å². The molecule has 1 aromatic heterocycles. The zero-order valence-corrected chi connectivity index (χ0v) is 13.1. The number of carbonyl (C=O) groups is 1. The van der Waals surface area contributed by atoms with Crippen molar-refractivity contribution in [3.05, 3.63) is 41.6 Å². The second-order valence-corrected chi connectivity index (χ2v) is 6.11. The van der Waals surface area contributed by atoms with Crippen LogP contribution < -0.4 is 5.32 Å². The van der Waals surface area contributed by atoms with Crippen molar-refractivity contribution in [2.75, 3.05) is 13.2 Å². The van der Waals surface area contributed by atoms with Crippen LogP contribution in [0.25, 0.3) is 10.9 Å². The third-order valence-corrected chi connectivity index (χ3v) is 4.09. The lowest BCUT2D eigenvalue weighted by Crippen LogP contribution is -2.32. The maximum atomic E-state index is 12.6. The average Bonchev–Trinajstić information content (AvgIpc) is 3.04. The van der Waals surface area contributed by atoms with E-state index in [-0.39, 0.29) is 17.9 Å². The van der Waals surface area contributed by atoms with Crippen molar-refractivity contribution in [1.82, 2.24) is 10.3 Å². The van der Waals surface area contributed by atoms with E-state index in [9.17, 15) is 4.79 Å². The summed E-state index contributed by atoms with van der Waals surface area (Å²) in [7, 11) is 0. The number of ether oxygens (including phenoxy) is 1. The SMILES string of the molecule is CC(C)c1cc(C(=O)NCC2CCCO2)c2ccccc2n1. The van der Waals surface area contributed by atoms with Crippen LogP contribution in [-0.2, 0) is 4.74 Å². The van der Waals surface area contributed by atoms with E-state index in [0.29, 0.717) is 12.1 Å². The summed E-state index contributed by atoms with van der Waals surface area (Å²) in [6.45, 7) is 5.55. The first-order chi connectivity index (χ1) is 10.6. The van der Waals surface area contributed by atoms with Gasteiger partial charge in [0.05, 0.1) is 17.2 Å². The Morgan fingerprint density at radius 1 is 1.41 bits per heavy atom. The maximum Gasteiger partial charge on any atom is 0.252 e. The molecule has 0 saturated carbocycles. The van der Waals surface area contributed by atoms with Crippen LogP contribution in [0.1, 0.15) is 48.7 Å². The fraction of sp³-hybridized carbons (Fsp3) is 0.444. The molecular weight excluding hydrogens is 276 g/mol. The van der Waals surface area contributed by atoms with Crippen LogP contribution in [0.15, 0.2) is 30.3 Å². The minimum atomic E-state index is -0.0454. The Morgan fingerprint density at radius 2 is 2.23 bits per heavy atom. The van der Waals surface area contributed by atoms with Gasteiger partial charge in [-0.15, -0.1) is 0 Å². The van der Waals surface area contributed by atoms with Gasteiger partial charge in [-0.1, -0.05) is 32.0 Å². The number of carbonyl (C=O) groups excluding carboxylic acids is 1. The first kappa shape index (κ1) is 15.0. The number of pyridine rings is 1. The largest absolute Gasteiger partial charge is 0.376 e. The standard InChI is InChI=1S/C18H22N2O2/c1-12(2)17-10-15(14-7-3-4-8-16(14)20-17)18(21)19-11-13-6-5-9-22-13/h3-4,7-8,10,12-13H,5-6,9,11H2,1-2H3,(H,19,21). The Labute approximate surface area is 130 Å². The molecule has 2 heterocycles. The van der Waals surface area contributed by atoms with Crippen LogP contribution >= 0.6 is 0 Å². The molecule has 1 atom stereocenters. The molecule has 4 heteroatoms. The number of rotatable bonds is 4. The van der Waals surface area contributed by atoms with E-state index < -0.39 is 0 Å². The Balaban J connectivity index is 1.88. The predicted molar refractivity (Wildman–Crippen MR) is 87.1 cm³/mol. The number of benzene rings is 1. The van der Waals surface area contributed by atoms with Gasteiger partial charge in [-0.05, 0) is 30.9 Å². The fourth-order valence-corrected chi connectivity index (χ4v) is 2.79. The van der Waals surface area contributed by atoms with Crippen molar-refractivity contribution in [3.8, 4) is 0 Å². The molecule has 1 N–H and O–H groups in total. The molecule has 1 amide bonds. The molecule has 22 heavy (non-hydrogen) atoms. The van der Waals surface area contributed by atoms with Gasteiger partial charge in [0.1, 0.15) is 0 Å². The monoisotopic (exact) mass is 298 g/mol. The normalized spacial score (nSPS) is 18.0. The summed E-state index contributed by atoms with van der Waals surface area (Å²) in [6.07, 6.45) is 2.26. The van der Waals surface area contributed by atoms with E-state index in [1.165, 1.54) is 0 Å². The number of nitrogens with one attached hydrogen (secondary N) is 1. The number of hydrogen-bond acceptors (Lipinski definition) is 3. The lowest BCUT2D eigenvalue weighted by atomic mass is 10.0. The van der Waals surface area contributed by atoms with Crippen LogP contribution in [0.3, 0.4) is 0 Å². The summed E-state index contributed by atoms with van der Waals surface area (Å²) in [5.41, 5.74) is 2.52. The van der Waals surface area contributed by atoms with Gasteiger partial charge in [0.2, 0.25) is 0 Å². The second-order valence-electron chi connectivity index (χ2n) is 6.11. The number of amides is 1. The summed E-state index contributed by atoms with van der Waals surface area (Å²) < 4.78 is 5.56. The number of hydrogen-bond donors (Lipinski definition) is 1. The van der Waals surface area contributed by atoms with Crippen LogP contribution in [0, 0.1) is 0 Å². The van der Waals surface area contributed by atoms with Crippen molar-refractivity contribution in [3.63, 3.8) is 0 Å². The molecule has 116 valence electrons. The summed E-state index contributed by atoms with van der Waals surface area (Å²) >= 11 is 0. The lowest BCUT2D eigenvalue weighted by Gasteiger charge is -2.14. The van der Waals surface area contributed by atoms with Crippen molar-refractivity contribution < 1.29 is 9.53 Å². The van der Waals surface area contributed by atoms with Crippen LogP contribution in [0.4, 0.5) is 0 Å². The zero-order chi connectivity index (χ0) is 15.5. The van der Waals surface area contributed by atoms with Crippen molar-refractivity contribution >= 4 is 16.8 Å². The van der Waals surface area contributed by atoms with Crippen LogP contribution in [0.5, 0.6) is 0 Å². The molecule has 2 aromatic rings. The maximum absolute atomic E-state index is 12.6. The molecule has 1 aliphatic heterocycles. The van der Waals surface area contributed by atoms with E-state index in [2.05, 4.69) is 24.1 Å². The highest BCUT2D eigenvalue weighted by Crippen LogP contribution is 2.22. The quantitative estimate of drug-likeness (QED) is 0.942. The van der Waals surface area contributed by atoms with Gasteiger partial charge in [0.15, 0.2) is 0 Å². The molecule has 1 unspecified atom stereocenters. The van der Waals surface area contributed by atoms with Crippen molar-refractivity contribution in [1.29, 1.82) is 0 Å².